The number of anilines is 1. The molecule has 1 aromatic heterocycles. The van der Waals surface area contributed by atoms with Crippen LogP contribution in [0.25, 0.3) is 5.69 Å². The van der Waals surface area contributed by atoms with Crippen molar-refractivity contribution >= 4 is 5.69 Å². The summed E-state index contributed by atoms with van der Waals surface area (Å²) < 4.78 is 0. The molecule has 1 aromatic carbocycles. The smallest absolute Gasteiger partial charge is 0.0858 e. The van der Waals surface area contributed by atoms with Crippen molar-refractivity contribution in [3.05, 3.63) is 35.7 Å². The van der Waals surface area contributed by atoms with Gasteiger partial charge in [0.25, 0.3) is 0 Å². The summed E-state index contributed by atoms with van der Waals surface area (Å²) in [5.74, 6) is 0. The van der Waals surface area contributed by atoms with Crippen LogP contribution in [-0.4, -0.2) is 28.1 Å². The number of rotatable bonds is 4. The first kappa shape index (κ1) is 12.6. The predicted octanol–water partition coefficient (Wildman–Crippen LogP) is 2.73. The topological polar surface area (TPSA) is 34.0 Å². The molecule has 0 saturated carbocycles. The lowest BCUT2D eigenvalue weighted by molar-refractivity contribution is 0.740. The molecular weight excluding hydrogens is 224 g/mol. The Morgan fingerprint density at radius 3 is 1.89 bits per heavy atom. The monoisotopic (exact) mass is 244 g/mol. The summed E-state index contributed by atoms with van der Waals surface area (Å²) in [5, 5.41) is 8.77. The zero-order chi connectivity index (χ0) is 13.1. The molecule has 0 aliphatic rings. The average molecular weight is 244 g/mol. The van der Waals surface area contributed by atoms with Gasteiger partial charge in [0.2, 0.25) is 0 Å². The van der Waals surface area contributed by atoms with E-state index < -0.39 is 0 Å². The molecule has 2 aromatic rings. The molecule has 0 bridgehead atoms. The van der Waals surface area contributed by atoms with Crippen molar-refractivity contribution in [2.45, 2.75) is 27.7 Å². The lowest BCUT2D eigenvalue weighted by Gasteiger charge is -2.20. The third-order valence-corrected chi connectivity index (χ3v) is 3.22. The maximum absolute atomic E-state index is 4.39. The molecule has 4 heteroatoms. The van der Waals surface area contributed by atoms with E-state index in [4.69, 9.17) is 0 Å². The number of hydrogen-bond donors (Lipinski definition) is 0. The van der Waals surface area contributed by atoms with Crippen LogP contribution in [0, 0.1) is 13.8 Å². The second-order valence-electron chi connectivity index (χ2n) is 4.35. The van der Waals surface area contributed by atoms with Gasteiger partial charge in [0.1, 0.15) is 0 Å². The quantitative estimate of drug-likeness (QED) is 0.829. The maximum Gasteiger partial charge on any atom is 0.0858 e. The highest BCUT2D eigenvalue weighted by molar-refractivity contribution is 5.50. The van der Waals surface area contributed by atoms with Crippen LogP contribution in [0.15, 0.2) is 24.3 Å². The van der Waals surface area contributed by atoms with Gasteiger partial charge in [-0.25, -0.2) is 0 Å². The van der Waals surface area contributed by atoms with Gasteiger partial charge in [-0.2, -0.15) is 15.0 Å². The Kier molecular flexibility index (Phi) is 3.65. The van der Waals surface area contributed by atoms with Crippen molar-refractivity contribution in [3.8, 4) is 5.69 Å². The maximum atomic E-state index is 4.39. The van der Waals surface area contributed by atoms with Crippen molar-refractivity contribution < 1.29 is 0 Å². The van der Waals surface area contributed by atoms with Gasteiger partial charge in [-0.15, -0.1) is 0 Å². The van der Waals surface area contributed by atoms with E-state index >= 15 is 0 Å². The van der Waals surface area contributed by atoms with Gasteiger partial charge in [0.15, 0.2) is 0 Å². The second kappa shape index (κ2) is 5.21. The molecule has 0 fully saturated rings. The van der Waals surface area contributed by atoms with E-state index in [9.17, 15) is 0 Å². The highest BCUT2D eigenvalue weighted by Gasteiger charge is 2.05. The predicted molar refractivity (Wildman–Crippen MR) is 74.4 cm³/mol. The van der Waals surface area contributed by atoms with Crippen LogP contribution < -0.4 is 4.90 Å². The summed E-state index contributed by atoms with van der Waals surface area (Å²) in [6.45, 7) is 10.3. The lowest BCUT2D eigenvalue weighted by Crippen LogP contribution is -2.21. The highest BCUT2D eigenvalue weighted by Crippen LogP contribution is 2.16. The van der Waals surface area contributed by atoms with Crippen LogP contribution in [0.5, 0.6) is 0 Å². The molecule has 18 heavy (non-hydrogen) atoms. The largest absolute Gasteiger partial charge is 0.372 e. The average Bonchev–Trinajstić information content (AvgIpc) is 2.72. The van der Waals surface area contributed by atoms with E-state index in [1.165, 1.54) is 5.69 Å². The standard InChI is InChI=1S/C14H20N4/c1-5-17(6-2)13-7-9-14(10-8-13)18-15-11(3)12(4)16-18/h7-10H,5-6H2,1-4H3. The van der Waals surface area contributed by atoms with Gasteiger partial charge in [-0.05, 0) is 52.0 Å². The molecule has 0 aliphatic carbocycles. The first-order valence-corrected chi connectivity index (χ1v) is 6.41. The molecular formula is C14H20N4. The highest BCUT2D eigenvalue weighted by atomic mass is 15.5. The molecule has 0 spiro atoms. The third kappa shape index (κ3) is 2.37. The third-order valence-electron chi connectivity index (χ3n) is 3.22. The van der Waals surface area contributed by atoms with Crippen molar-refractivity contribution in [2.24, 2.45) is 0 Å². The second-order valence-corrected chi connectivity index (χ2v) is 4.35. The molecule has 0 unspecified atom stereocenters. The minimum Gasteiger partial charge on any atom is -0.372 e. The number of aryl methyl sites for hydroxylation is 2. The van der Waals surface area contributed by atoms with Crippen molar-refractivity contribution in [3.63, 3.8) is 0 Å². The zero-order valence-corrected chi connectivity index (χ0v) is 11.5. The molecule has 0 N–H and O–H groups in total. The molecule has 0 aliphatic heterocycles. The minimum absolute atomic E-state index is 0.975. The normalized spacial score (nSPS) is 10.7. The van der Waals surface area contributed by atoms with Crippen molar-refractivity contribution in [1.82, 2.24) is 15.0 Å². The first-order chi connectivity index (χ1) is 8.65. The molecule has 0 amide bonds. The number of benzene rings is 1. The van der Waals surface area contributed by atoms with E-state index in [1.54, 1.807) is 4.80 Å². The fraction of sp³-hybridized carbons (Fsp3) is 0.429. The van der Waals surface area contributed by atoms with Gasteiger partial charge in [0, 0.05) is 18.8 Å². The van der Waals surface area contributed by atoms with Crippen LogP contribution in [-0.2, 0) is 0 Å². The molecule has 1 heterocycles. The summed E-state index contributed by atoms with van der Waals surface area (Å²) >= 11 is 0. The lowest BCUT2D eigenvalue weighted by atomic mass is 10.2. The van der Waals surface area contributed by atoms with E-state index in [1.807, 2.05) is 13.8 Å². The van der Waals surface area contributed by atoms with Gasteiger partial charge in [0.05, 0.1) is 17.1 Å². The Morgan fingerprint density at radius 1 is 0.944 bits per heavy atom. The zero-order valence-electron chi connectivity index (χ0n) is 11.5. The van der Waals surface area contributed by atoms with Crippen LogP contribution in [0.1, 0.15) is 25.2 Å². The summed E-state index contributed by atoms with van der Waals surface area (Å²) in [6.07, 6.45) is 0. The SMILES string of the molecule is CCN(CC)c1ccc(-n2nc(C)c(C)n2)cc1. The Hall–Kier alpha value is -1.84. The minimum atomic E-state index is 0.975. The Morgan fingerprint density at radius 2 is 1.44 bits per heavy atom. The van der Waals surface area contributed by atoms with Crippen LogP contribution in [0.2, 0.25) is 0 Å². The van der Waals surface area contributed by atoms with Crippen molar-refractivity contribution in [1.29, 1.82) is 0 Å². The summed E-state index contributed by atoms with van der Waals surface area (Å²) in [5.41, 5.74) is 4.19. The number of nitrogens with zero attached hydrogens (tertiary/aromatic N) is 4. The van der Waals surface area contributed by atoms with Crippen molar-refractivity contribution in [2.75, 3.05) is 18.0 Å². The fourth-order valence-corrected chi connectivity index (χ4v) is 1.95. The fourth-order valence-electron chi connectivity index (χ4n) is 1.95. The molecule has 96 valence electrons. The summed E-state index contributed by atoms with van der Waals surface area (Å²) in [7, 11) is 0. The molecule has 2 rings (SSSR count). The van der Waals surface area contributed by atoms with Crippen LogP contribution in [0.3, 0.4) is 0 Å². The van der Waals surface area contributed by atoms with Gasteiger partial charge < -0.3 is 4.90 Å². The van der Waals surface area contributed by atoms with E-state index in [2.05, 4.69) is 53.2 Å². The van der Waals surface area contributed by atoms with E-state index in [0.29, 0.717) is 0 Å². The van der Waals surface area contributed by atoms with E-state index in [-0.39, 0.29) is 0 Å². The molecule has 0 atom stereocenters. The number of aromatic nitrogens is 3. The van der Waals surface area contributed by atoms with Gasteiger partial charge >= 0.3 is 0 Å². The Bertz CT molecular complexity index is 490. The summed E-state index contributed by atoms with van der Waals surface area (Å²) in [6, 6.07) is 8.37. The Labute approximate surface area is 108 Å². The van der Waals surface area contributed by atoms with E-state index in [0.717, 1.165) is 30.2 Å². The first-order valence-electron chi connectivity index (χ1n) is 6.41. The number of hydrogen-bond acceptors (Lipinski definition) is 3. The molecule has 4 nitrogen and oxygen atoms in total. The summed E-state index contributed by atoms with van der Waals surface area (Å²) in [4.78, 5) is 4.01. The Balaban J connectivity index is 2.27. The molecule has 0 saturated heterocycles. The molecule has 0 radical (unpaired) electrons. The van der Waals surface area contributed by atoms with Crippen LogP contribution >= 0.6 is 0 Å². The van der Waals surface area contributed by atoms with Gasteiger partial charge in [-0.1, -0.05) is 0 Å². The van der Waals surface area contributed by atoms with Gasteiger partial charge in [-0.3, -0.25) is 0 Å². The van der Waals surface area contributed by atoms with Crippen LogP contribution in [0.4, 0.5) is 5.69 Å².